The van der Waals surface area contributed by atoms with Crippen LogP contribution in [-0.4, -0.2) is 34.2 Å². The zero-order chi connectivity index (χ0) is 11.0. The van der Waals surface area contributed by atoms with Crippen molar-refractivity contribution in [2.45, 2.75) is 57.3 Å². The molecule has 0 saturated carbocycles. The maximum absolute atomic E-state index is 4.48. The van der Waals surface area contributed by atoms with Crippen LogP contribution in [-0.2, 0) is 0 Å². The third kappa shape index (κ3) is 2.46. The van der Waals surface area contributed by atoms with Gasteiger partial charge < -0.3 is 0 Å². The van der Waals surface area contributed by atoms with E-state index in [1.165, 1.54) is 12.8 Å². The van der Waals surface area contributed by atoms with Crippen molar-refractivity contribution in [3.63, 3.8) is 0 Å². The van der Waals surface area contributed by atoms with Crippen LogP contribution < -0.4 is 0 Å². The fourth-order valence-electron chi connectivity index (χ4n) is 2.90. The van der Waals surface area contributed by atoms with Gasteiger partial charge in [-0.05, 0) is 52.9 Å². The number of rotatable bonds is 2. The van der Waals surface area contributed by atoms with Crippen molar-refractivity contribution < 1.29 is 0 Å². The zero-order valence-electron chi connectivity index (χ0n) is 10.1. The quantitative estimate of drug-likeness (QED) is 0.566. The lowest BCUT2D eigenvalue weighted by atomic mass is 9.80. The Labute approximate surface area is 96.2 Å². The maximum Gasteiger partial charge on any atom is 0.0424 e. The van der Waals surface area contributed by atoms with Gasteiger partial charge in [0.05, 0.1) is 0 Å². The number of thiol groups is 1. The molecule has 14 heavy (non-hydrogen) atoms. The molecule has 0 aromatic heterocycles. The lowest BCUT2D eigenvalue weighted by molar-refractivity contribution is -0.00510. The minimum absolute atomic E-state index is 0.317. The van der Waals surface area contributed by atoms with Crippen molar-refractivity contribution in [2.75, 3.05) is 12.5 Å². The van der Waals surface area contributed by atoms with Gasteiger partial charge in [-0.2, -0.15) is 12.6 Å². The summed E-state index contributed by atoms with van der Waals surface area (Å²) >= 11 is 4.48. The summed E-state index contributed by atoms with van der Waals surface area (Å²) in [6, 6.07) is 0. The van der Waals surface area contributed by atoms with E-state index in [1.807, 2.05) is 0 Å². The fourth-order valence-corrected chi connectivity index (χ4v) is 5.08. The first kappa shape index (κ1) is 12.8. The van der Waals surface area contributed by atoms with Crippen LogP contribution in [0.25, 0.3) is 0 Å². The monoisotopic (exact) mass is 233 g/mol. The van der Waals surface area contributed by atoms with Gasteiger partial charge in [0.2, 0.25) is 0 Å². The van der Waals surface area contributed by atoms with Gasteiger partial charge in [-0.3, -0.25) is 4.90 Å². The molecule has 0 radical (unpaired) electrons. The molecule has 0 amide bonds. The van der Waals surface area contributed by atoms with Gasteiger partial charge in [0.1, 0.15) is 0 Å². The lowest BCUT2D eigenvalue weighted by Gasteiger charge is -2.54. The summed E-state index contributed by atoms with van der Waals surface area (Å²) in [5.74, 6) is 0.875. The molecule has 1 nitrogen and oxygen atoms in total. The third-order valence-electron chi connectivity index (χ3n) is 3.50. The van der Waals surface area contributed by atoms with Crippen LogP contribution in [0.2, 0.25) is 0 Å². The highest BCUT2D eigenvalue weighted by atomic mass is 32.1. The standard InChI is InChI=1S/C11H24NPS/c1-10(2)6-9(13-5)7-11(3,4)12(10)8-14/h9,13-14H,6-8H2,1-5H3. The Kier molecular flexibility index (Phi) is 3.95. The Hall–Kier alpha value is 0.740. The summed E-state index contributed by atoms with van der Waals surface area (Å²) < 4.78 is 0. The summed E-state index contributed by atoms with van der Waals surface area (Å²) in [6.07, 6.45) is 2.65. The molecule has 0 aromatic rings. The number of nitrogens with zero attached hydrogens (tertiary/aromatic N) is 1. The van der Waals surface area contributed by atoms with E-state index in [1.54, 1.807) is 0 Å². The van der Waals surface area contributed by atoms with E-state index in [0.717, 1.165) is 20.1 Å². The molecule has 0 aliphatic carbocycles. The van der Waals surface area contributed by atoms with E-state index in [2.05, 4.69) is 51.9 Å². The number of piperidine rings is 1. The van der Waals surface area contributed by atoms with Crippen molar-refractivity contribution in [3.8, 4) is 0 Å². The molecular weight excluding hydrogens is 209 g/mol. The molecule has 0 spiro atoms. The average molecular weight is 233 g/mol. The minimum Gasteiger partial charge on any atom is -0.284 e. The van der Waals surface area contributed by atoms with Gasteiger partial charge in [0.15, 0.2) is 0 Å². The molecule has 0 aromatic carbocycles. The molecule has 0 N–H and O–H groups in total. The van der Waals surface area contributed by atoms with Crippen LogP contribution in [0.1, 0.15) is 40.5 Å². The predicted octanol–water partition coefficient (Wildman–Crippen LogP) is 3.20. The van der Waals surface area contributed by atoms with E-state index in [4.69, 9.17) is 0 Å². The molecule has 1 aliphatic heterocycles. The van der Waals surface area contributed by atoms with Crippen LogP contribution in [0, 0.1) is 0 Å². The second-order valence-corrected chi connectivity index (χ2v) is 7.26. The summed E-state index contributed by atoms with van der Waals surface area (Å²) in [4.78, 5) is 2.54. The molecule has 1 aliphatic rings. The van der Waals surface area contributed by atoms with E-state index in [-0.39, 0.29) is 0 Å². The van der Waals surface area contributed by atoms with Gasteiger partial charge in [-0.25, -0.2) is 0 Å². The number of likely N-dealkylation sites (tertiary alicyclic amines) is 1. The first-order chi connectivity index (χ1) is 6.33. The Morgan fingerprint density at radius 3 is 1.93 bits per heavy atom. The Balaban J connectivity index is 2.87. The van der Waals surface area contributed by atoms with Gasteiger partial charge in [0, 0.05) is 17.0 Å². The highest BCUT2D eigenvalue weighted by Crippen LogP contribution is 2.43. The predicted molar refractivity (Wildman–Crippen MR) is 71.1 cm³/mol. The summed E-state index contributed by atoms with van der Waals surface area (Å²) in [5.41, 5.74) is 1.55. The maximum atomic E-state index is 4.48. The van der Waals surface area contributed by atoms with Crippen LogP contribution in [0.3, 0.4) is 0 Å². The van der Waals surface area contributed by atoms with Crippen LogP contribution >= 0.6 is 21.2 Å². The van der Waals surface area contributed by atoms with Crippen molar-refractivity contribution >= 4 is 21.2 Å². The molecule has 1 fully saturated rings. The zero-order valence-corrected chi connectivity index (χ0v) is 12.0. The topological polar surface area (TPSA) is 3.24 Å². The SMILES string of the molecule is CPC1CC(C)(C)N(CS)C(C)(C)C1. The van der Waals surface area contributed by atoms with Crippen molar-refractivity contribution in [1.82, 2.24) is 4.90 Å². The van der Waals surface area contributed by atoms with Crippen molar-refractivity contribution in [3.05, 3.63) is 0 Å². The Morgan fingerprint density at radius 1 is 1.21 bits per heavy atom. The molecule has 1 rings (SSSR count). The molecule has 3 heteroatoms. The minimum atomic E-state index is 0.317. The second-order valence-electron chi connectivity index (χ2n) is 5.59. The second kappa shape index (κ2) is 4.31. The van der Waals surface area contributed by atoms with E-state index >= 15 is 0 Å². The first-order valence-corrected chi connectivity index (χ1v) is 7.60. The third-order valence-corrected chi connectivity index (χ3v) is 5.01. The summed E-state index contributed by atoms with van der Waals surface area (Å²) in [7, 11) is 1.08. The molecule has 84 valence electrons. The van der Waals surface area contributed by atoms with Crippen molar-refractivity contribution in [1.29, 1.82) is 0 Å². The van der Waals surface area contributed by atoms with Gasteiger partial charge in [-0.1, -0.05) is 0 Å². The van der Waals surface area contributed by atoms with Crippen LogP contribution in [0.5, 0.6) is 0 Å². The number of hydrogen-bond acceptors (Lipinski definition) is 2. The smallest absolute Gasteiger partial charge is 0.0424 e. The summed E-state index contributed by atoms with van der Waals surface area (Å²) in [5, 5.41) is 0. The molecular formula is C11H24NPS. The van der Waals surface area contributed by atoms with Gasteiger partial charge >= 0.3 is 0 Å². The molecule has 0 bridgehead atoms. The van der Waals surface area contributed by atoms with E-state index in [9.17, 15) is 0 Å². The van der Waals surface area contributed by atoms with Gasteiger partial charge in [-0.15, -0.1) is 8.58 Å². The Bertz CT molecular complexity index is 185. The van der Waals surface area contributed by atoms with Crippen LogP contribution in [0.4, 0.5) is 0 Å². The van der Waals surface area contributed by atoms with Gasteiger partial charge in [0.25, 0.3) is 0 Å². The fraction of sp³-hybridized carbons (Fsp3) is 1.00. The summed E-state index contributed by atoms with van der Waals surface area (Å²) in [6.45, 7) is 11.8. The molecule has 1 unspecified atom stereocenters. The Morgan fingerprint density at radius 2 is 1.64 bits per heavy atom. The highest BCUT2D eigenvalue weighted by Gasteiger charge is 2.43. The molecule has 1 saturated heterocycles. The lowest BCUT2D eigenvalue weighted by Crippen LogP contribution is -2.60. The van der Waals surface area contributed by atoms with Crippen LogP contribution in [0.15, 0.2) is 0 Å². The first-order valence-electron chi connectivity index (χ1n) is 5.39. The van der Waals surface area contributed by atoms with Crippen molar-refractivity contribution in [2.24, 2.45) is 0 Å². The normalized spacial score (nSPS) is 28.7. The average Bonchev–Trinajstić information content (AvgIpc) is 2.00. The highest BCUT2D eigenvalue weighted by molar-refractivity contribution is 7.80. The van der Waals surface area contributed by atoms with E-state index < -0.39 is 0 Å². The number of hydrogen-bond donors (Lipinski definition) is 1. The molecule has 1 atom stereocenters. The largest absolute Gasteiger partial charge is 0.284 e. The molecule has 1 heterocycles. The van der Waals surface area contributed by atoms with E-state index in [0.29, 0.717) is 11.1 Å².